The highest BCUT2D eigenvalue weighted by Crippen LogP contribution is 2.22. The minimum atomic E-state index is -0.538. The third-order valence-electron chi connectivity index (χ3n) is 3.67. The molecular weight excluding hydrogens is 334 g/mol. The lowest BCUT2D eigenvalue weighted by Gasteiger charge is -2.24. The first kappa shape index (κ1) is 16.0. The van der Waals surface area contributed by atoms with E-state index in [-0.39, 0.29) is 5.91 Å². The van der Waals surface area contributed by atoms with Gasteiger partial charge in [-0.15, -0.1) is 0 Å². The largest absolute Gasteiger partial charge is 0.481 e. The first-order valence-corrected chi connectivity index (χ1v) is 8.11. The topological polar surface area (TPSA) is 46.6 Å². The molecule has 0 aromatic heterocycles. The molecule has 1 aliphatic rings. The van der Waals surface area contributed by atoms with Crippen LogP contribution in [-0.2, 0) is 4.79 Å². The van der Waals surface area contributed by atoms with Gasteiger partial charge in [0.05, 0.1) is 0 Å². The number of carbonyl (C=O) groups is 2. The van der Waals surface area contributed by atoms with Crippen LogP contribution in [-0.4, -0.2) is 36.3 Å². The maximum absolute atomic E-state index is 12.4. The monoisotopic (exact) mass is 353 g/mol. The Morgan fingerprint density at radius 1 is 1.29 bits per heavy atom. The van der Waals surface area contributed by atoms with Gasteiger partial charge in [0.1, 0.15) is 5.75 Å². The summed E-state index contributed by atoms with van der Waals surface area (Å²) in [6.45, 7) is 3.38. The molecule has 0 radical (unpaired) electrons. The average Bonchev–Trinajstić information content (AvgIpc) is 2.77. The van der Waals surface area contributed by atoms with Crippen molar-refractivity contribution in [3.8, 4) is 5.75 Å². The van der Waals surface area contributed by atoms with E-state index in [4.69, 9.17) is 4.74 Å². The molecule has 1 heterocycles. The number of amides is 1. The predicted molar refractivity (Wildman–Crippen MR) is 84.7 cm³/mol. The molecule has 4 nitrogen and oxygen atoms in total. The summed E-state index contributed by atoms with van der Waals surface area (Å²) in [5, 5.41) is 0. The number of carbonyl (C=O) groups excluding carboxylic acids is 2. The van der Waals surface area contributed by atoms with Crippen LogP contribution >= 0.6 is 15.9 Å². The third kappa shape index (κ3) is 4.30. The molecule has 1 atom stereocenters. The minimum Gasteiger partial charge on any atom is -0.481 e. The summed E-state index contributed by atoms with van der Waals surface area (Å²) in [7, 11) is 0. The van der Waals surface area contributed by atoms with Gasteiger partial charge in [0.2, 0.25) is 0 Å². The van der Waals surface area contributed by atoms with E-state index in [1.165, 1.54) is 12.8 Å². The molecule has 114 valence electrons. The lowest BCUT2D eigenvalue weighted by Crippen LogP contribution is -2.41. The average molecular weight is 354 g/mol. The summed E-state index contributed by atoms with van der Waals surface area (Å²) in [4.78, 5) is 25.2. The SMILES string of the molecule is CC(Oc1ccc(Br)c(C=O)c1)C(=O)N1CCCCCC1. The van der Waals surface area contributed by atoms with Gasteiger partial charge in [0.15, 0.2) is 12.4 Å². The quantitative estimate of drug-likeness (QED) is 0.779. The molecule has 1 aromatic carbocycles. The highest BCUT2D eigenvalue weighted by atomic mass is 79.9. The molecule has 21 heavy (non-hydrogen) atoms. The van der Waals surface area contributed by atoms with E-state index in [0.29, 0.717) is 11.3 Å². The van der Waals surface area contributed by atoms with Crippen LogP contribution in [0.15, 0.2) is 22.7 Å². The first-order chi connectivity index (χ1) is 10.1. The van der Waals surface area contributed by atoms with Crippen molar-refractivity contribution < 1.29 is 14.3 Å². The zero-order chi connectivity index (χ0) is 15.2. The summed E-state index contributed by atoms with van der Waals surface area (Å²) in [6.07, 6.45) is 4.72. The highest BCUT2D eigenvalue weighted by Gasteiger charge is 2.22. The van der Waals surface area contributed by atoms with Gasteiger partial charge in [-0.25, -0.2) is 0 Å². The number of likely N-dealkylation sites (tertiary alicyclic amines) is 1. The second-order valence-corrected chi connectivity index (χ2v) is 6.16. The fourth-order valence-corrected chi connectivity index (χ4v) is 2.83. The molecule has 1 fully saturated rings. The summed E-state index contributed by atoms with van der Waals surface area (Å²) in [5.41, 5.74) is 0.516. The van der Waals surface area contributed by atoms with Gasteiger partial charge < -0.3 is 9.64 Å². The summed E-state index contributed by atoms with van der Waals surface area (Å²) < 4.78 is 6.42. The molecule has 0 aliphatic carbocycles. The van der Waals surface area contributed by atoms with E-state index >= 15 is 0 Å². The van der Waals surface area contributed by atoms with Crippen molar-refractivity contribution in [2.75, 3.05) is 13.1 Å². The number of benzene rings is 1. The van der Waals surface area contributed by atoms with Gasteiger partial charge in [-0.1, -0.05) is 28.8 Å². The number of halogens is 1. The highest BCUT2D eigenvalue weighted by molar-refractivity contribution is 9.10. The van der Waals surface area contributed by atoms with Crippen molar-refractivity contribution in [2.24, 2.45) is 0 Å². The maximum Gasteiger partial charge on any atom is 0.263 e. The fourth-order valence-electron chi connectivity index (χ4n) is 2.49. The van der Waals surface area contributed by atoms with Crippen LogP contribution in [0.25, 0.3) is 0 Å². The summed E-state index contributed by atoms with van der Waals surface area (Å²) in [6, 6.07) is 5.15. The Bertz CT molecular complexity index is 510. The Balaban J connectivity index is 2.01. The van der Waals surface area contributed by atoms with Gasteiger partial charge in [0.25, 0.3) is 5.91 Å². The second-order valence-electron chi connectivity index (χ2n) is 5.30. The van der Waals surface area contributed by atoms with Crippen molar-refractivity contribution in [3.63, 3.8) is 0 Å². The number of rotatable bonds is 4. The van der Waals surface area contributed by atoms with Crippen LogP contribution in [0.1, 0.15) is 43.0 Å². The Morgan fingerprint density at radius 3 is 2.57 bits per heavy atom. The Morgan fingerprint density at radius 2 is 1.95 bits per heavy atom. The Hall–Kier alpha value is -1.36. The smallest absolute Gasteiger partial charge is 0.263 e. The number of ether oxygens (including phenoxy) is 1. The molecule has 1 unspecified atom stereocenters. The predicted octanol–water partition coefficient (Wildman–Crippen LogP) is 3.43. The van der Waals surface area contributed by atoms with Gasteiger partial charge in [0, 0.05) is 23.1 Å². The van der Waals surface area contributed by atoms with Gasteiger partial charge in [-0.2, -0.15) is 0 Å². The number of aldehydes is 1. The minimum absolute atomic E-state index is 0.0208. The molecule has 1 saturated heterocycles. The van der Waals surface area contributed by atoms with Crippen LogP contribution in [0.2, 0.25) is 0 Å². The zero-order valence-corrected chi connectivity index (χ0v) is 13.8. The van der Waals surface area contributed by atoms with Crippen LogP contribution in [0.5, 0.6) is 5.75 Å². The zero-order valence-electron chi connectivity index (χ0n) is 12.2. The van der Waals surface area contributed by atoms with Crippen LogP contribution < -0.4 is 4.74 Å². The molecule has 0 spiro atoms. The second kappa shape index (κ2) is 7.59. The van der Waals surface area contributed by atoms with Gasteiger partial charge in [-0.3, -0.25) is 9.59 Å². The molecule has 2 rings (SSSR count). The van der Waals surface area contributed by atoms with E-state index in [0.717, 1.165) is 36.7 Å². The van der Waals surface area contributed by atoms with E-state index in [2.05, 4.69) is 15.9 Å². The van der Waals surface area contributed by atoms with E-state index < -0.39 is 6.10 Å². The van der Waals surface area contributed by atoms with Crippen LogP contribution in [0.3, 0.4) is 0 Å². The van der Waals surface area contributed by atoms with Gasteiger partial charge in [-0.05, 0) is 38.0 Å². The first-order valence-electron chi connectivity index (χ1n) is 7.32. The molecule has 1 aliphatic heterocycles. The van der Waals surface area contributed by atoms with E-state index in [1.807, 2.05) is 4.90 Å². The molecule has 1 aromatic rings. The van der Waals surface area contributed by atoms with Crippen LogP contribution in [0, 0.1) is 0 Å². The van der Waals surface area contributed by atoms with E-state index in [1.54, 1.807) is 25.1 Å². The lowest BCUT2D eigenvalue weighted by atomic mass is 10.2. The maximum atomic E-state index is 12.4. The summed E-state index contributed by atoms with van der Waals surface area (Å²) >= 11 is 3.30. The molecule has 0 bridgehead atoms. The van der Waals surface area contributed by atoms with Crippen molar-refractivity contribution in [1.29, 1.82) is 0 Å². The normalized spacial score (nSPS) is 17.0. The molecular formula is C16H20BrNO3. The lowest BCUT2D eigenvalue weighted by molar-refractivity contribution is -0.137. The van der Waals surface area contributed by atoms with Gasteiger partial charge >= 0.3 is 0 Å². The molecule has 0 saturated carbocycles. The Labute approximate surface area is 133 Å². The number of nitrogens with zero attached hydrogens (tertiary/aromatic N) is 1. The van der Waals surface area contributed by atoms with Crippen molar-refractivity contribution >= 4 is 28.1 Å². The third-order valence-corrected chi connectivity index (χ3v) is 4.39. The van der Waals surface area contributed by atoms with Crippen molar-refractivity contribution in [2.45, 2.75) is 38.7 Å². The number of hydrogen-bond donors (Lipinski definition) is 0. The van der Waals surface area contributed by atoms with E-state index in [9.17, 15) is 9.59 Å². The van der Waals surface area contributed by atoms with Crippen molar-refractivity contribution in [3.05, 3.63) is 28.2 Å². The Kier molecular flexibility index (Phi) is 5.79. The number of hydrogen-bond acceptors (Lipinski definition) is 3. The standard InChI is InChI=1S/C16H20BrNO3/c1-12(16(20)18-8-4-2-3-5-9-18)21-14-6-7-15(17)13(10-14)11-19/h6-7,10-12H,2-5,8-9H2,1H3. The molecule has 0 N–H and O–H groups in total. The van der Waals surface area contributed by atoms with Crippen LogP contribution in [0.4, 0.5) is 0 Å². The molecule has 5 heteroatoms. The fraction of sp³-hybridized carbons (Fsp3) is 0.500. The van der Waals surface area contributed by atoms with Crippen molar-refractivity contribution in [1.82, 2.24) is 4.90 Å². The summed E-state index contributed by atoms with van der Waals surface area (Å²) in [5.74, 6) is 0.559. The molecule has 1 amide bonds.